The van der Waals surface area contributed by atoms with Crippen LogP contribution in [0.4, 0.5) is 0 Å². The van der Waals surface area contributed by atoms with Gasteiger partial charge in [0.05, 0.1) is 13.0 Å². The first-order valence-corrected chi connectivity index (χ1v) is 6.92. The summed E-state index contributed by atoms with van der Waals surface area (Å²) in [4.78, 5) is 24.5. The van der Waals surface area contributed by atoms with Crippen LogP contribution in [0, 0.1) is 6.92 Å². The minimum Gasteiger partial charge on any atom is -0.348 e. The average molecular weight is 273 g/mol. The van der Waals surface area contributed by atoms with Gasteiger partial charge in [0.2, 0.25) is 5.91 Å². The van der Waals surface area contributed by atoms with Gasteiger partial charge in [-0.15, -0.1) is 11.3 Å². The number of rotatable bonds is 5. The standard InChI is InChI=1S/C15H15NO2S/c1-11-4-6-12(7-5-11)14(17)10-16-15(18)9-13-3-2-8-19-13/h2-8H,9-10H2,1H3,(H,16,18). The Hall–Kier alpha value is -1.94. The van der Waals surface area contributed by atoms with Crippen LogP contribution >= 0.6 is 11.3 Å². The van der Waals surface area contributed by atoms with Crippen molar-refractivity contribution in [2.24, 2.45) is 0 Å². The van der Waals surface area contributed by atoms with Crippen molar-refractivity contribution in [3.8, 4) is 0 Å². The third-order valence-corrected chi connectivity index (χ3v) is 3.61. The molecule has 1 amide bonds. The van der Waals surface area contributed by atoms with Crippen molar-refractivity contribution in [3.63, 3.8) is 0 Å². The van der Waals surface area contributed by atoms with E-state index in [2.05, 4.69) is 5.32 Å². The first-order chi connectivity index (χ1) is 9.15. The normalized spacial score (nSPS) is 10.2. The Morgan fingerprint density at radius 1 is 1.16 bits per heavy atom. The molecule has 2 aromatic rings. The van der Waals surface area contributed by atoms with E-state index >= 15 is 0 Å². The smallest absolute Gasteiger partial charge is 0.225 e. The lowest BCUT2D eigenvalue weighted by Gasteiger charge is -2.04. The molecule has 1 aromatic heterocycles. The summed E-state index contributed by atoms with van der Waals surface area (Å²) >= 11 is 1.54. The number of amides is 1. The maximum atomic E-state index is 11.9. The average Bonchev–Trinajstić information content (AvgIpc) is 2.89. The van der Waals surface area contributed by atoms with Gasteiger partial charge in [-0.3, -0.25) is 9.59 Å². The van der Waals surface area contributed by atoms with Crippen LogP contribution in [0.2, 0.25) is 0 Å². The van der Waals surface area contributed by atoms with Crippen molar-refractivity contribution < 1.29 is 9.59 Å². The highest BCUT2D eigenvalue weighted by atomic mass is 32.1. The number of Topliss-reactive ketones (excluding diaryl/α,β-unsaturated/α-hetero) is 1. The van der Waals surface area contributed by atoms with E-state index in [1.54, 1.807) is 12.1 Å². The molecule has 19 heavy (non-hydrogen) atoms. The second kappa shape index (κ2) is 6.29. The van der Waals surface area contributed by atoms with Gasteiger partial charge >= 0.3 is 0 Å². The zero-order valence-electron chi connectivity index (χ0n) is 10.7. The number of nitrogens with one attached hydrogen (secondary N) is 1. The van der Waals surface area contributed by atoms with E-state index in [1.165, 1.54) is 11.3 Å². The van der Waals surface area contributed by atoms with Crippen LogP contribution in [0.3, 0.4) is 0 Å². The lowest BCUT2D eigenvalue weighted by Crippen LogP contribution is -2.30. The molecule has 4 heteroatoms. The predicted octanol–water partition coefficient (Wildman–Crippen LogP) is 2.60. The summed E-state index contributed by atoms with van der Waals surface area (Å²) in [5, 5.41) is 4.58. The highest BCUT2D eigenvalue weighted by molar-refractivity contribution is 7.10. The summed E-state index contributed by atoms with van der Waals surface area (Å²) in [6, 6.07) is 11.2. The summed E-state index contributed by atoms with van der Waals surface area (Å²) in [7, 11) is 0. The van der Waals surface area contributed by atoms with Crippen molar-refractivity contribution in [2.75, 3.05) is 6.54 Å². The lowest BCUT2D eigenvalue weighted by atomic mass is 10.1. The molecule has 0 saturated heterocycles. The van der Waals surface area contributed by atoms with Gasteiger partial charge in [0.25, 0.3) is 0 Å². The molecule has 0 fully saturated rings. The monoisotopic (exact) mass is 273 g/mol. The summed E-state index contributed by atoms with van der Waals surface area (Å²) in [5.41, 5.74) is 1.74. The highest BCUT2D eigenvalue weighted by Gasteiger charge is 2.08. The van der Waals surface area contributed by atoms with Crippen LogP contribution in [0.5, 0.6) is 0 Å². The number of hydrogen-bond donors (Lipinski definition) is 1. The fourth-order valence-electron chi connectivity index (χ4n) is 1.65. The quantitative estimate of drug-likeness (QED) is 0.851. The van der Waals surface area contributed by atoms with Crippen molar-refractivity contribution in [2.45, 2.75) is 13.3 Å². The van der Waals surface area contributed by atoms with Crippen LogP contribution in [0.15, 0.2) is 41.8 Å². The summed E-state index contributed by atoms with van der Waals surface area (Å²) < 4.78 is 0. The Balaban J connectivity index is 1.83. The Bertz CT molecular complexity index is 558. The molecule has 98 valence electrons. The van der Waals surface area contributed by atoms with E-state index in [0.717, 1.165) is 10.4 Å². The summed E-state index contributed by atoms with van der Waals surface area (Å²) in [6.45, 7) is 2.02. The fourth-order valence-corrected chi connectivity index (χ4v) is 2.36. The van der Waals surface area contributed by atoms with E-state index in [-0.39, 0.29) is 18.2 Å². The minimum absolute atomic E-state index is 0.0489. The summed E-state index contributed by atoms with van der Waals surface area (Å²) in [5.74, 6) is -0.192. The van der Waals surface area contributed by atoms with Gasteiger partial charge in [-0.05, 0) is 18.4 Å². The van der Waals surface area contributed by atoms with Gasteiger partial charge in [-0.1, -0.05) is 35.9 Å². The molecule has 0 aliphatic rings. The van der Waals surface area contributed by atoms with Crippen molar-refractivity contribution in [3.05, 3.63) is 57.8 Å². The zero-order chi connectivity index (χ0) is 13.7. The Morgan fingerprint density at radius 3 is 2.53 bits per heavy atom. The maximum absolute atomic E-state index is 11.9. The van der Waals surface area contributed by atoms with E-state index in [4.69, 9.17) is 0 Å². The molecule has 0 saturated carbocycles. The number of hydrogen-bond acceptors (Lipinski definition) is 3. The van der Waals surface area contributed by atoms with Crippen LogP contribution in [-0.2, 0) is 11.2 Å². The Morgan fingerprint density at radius 2 is 1.89 bits per heavy atom. The number of carbonyl (C=O) groups excluding carboxylic acids is 2. The van der Waals surface area contributed by atoms with E-state index in [0.29, 0.717) is 12.0 Å². The van der Waals surface area contributed by atoms with Crippen LogP contribution in [-0.4, -0.2) is 18.2 Å². The van der Waals surface area contributed by atoms with Gasteiger partial charge in [-0.25, -0.2) is 0 Å². The van der Waals surface area contributed by atoms with E-state index < -0.39 is 0 Å². The molecule has 3 nitrogen and oxygen atoms in total. The van der Waals surface area contributed by atoms with Gasteiger partial charge in [-0.2, -0.15) is 0 Å². The van der Waals surface area contributed by atoms with Crippen LogP contribution in [0.1, 0.15) is 20.8 Å². The van der Waals surface area contributed by atoms with Crippen LogP contribution in [0.25, 0.3) is 0 Å². The zero-order valence-corrected chi connectivity index (χ0v) is 11.5. The van der Waals surface area contributed by atoms with Crippen molar-refractivity contribution in [1.29, 1.82) is 0 Å². The lowest BCUT2D eigenvalue weighted by molar-refractivity contribution is -0.120. The Kier molecular flexibility index (Phi) is 4.47. The molecule has 0 spiro atoms. The number of ketones is 1. The molecular weight excluding hydrogens is 258 g/mol. The van der Waals surface area contributed by atoms with Crippen molar-refractivity contribution >= 4 is 23.0 Å². The molecule has 0 aliphatic carbocycles. The number of aryl methyl sites for hydroxylation is 1. The second-order valence-electron chi connectivity index (χ2n) is 4.32. The molecule has 0 aliphatic heterocycles. The van der Waals surface area contributed by atoms with Gasteiger partial charge in [0.1, 0.15) is 0 Å². The van der Waals surface area contributed by atoms with Gasteiger partial charge in [0.15, 0.2) is 5.78 Å². The molecule has 0 atom stereocenters. The fraction of sp³-hybridized carbons (Fsp3) is 0.200. The molecule has 1 aromatic carbocycles. The SMILES string of the molecule is Cc1ccc(C(=O)CNC(=O)Cc2cccs2)cc1. The first-order valence-electron chi connectivity index (χ1n) is 6.04. The maximum Gasteiger partial charge on any atom is 0.225 e. The molecular formula is C15H15NO2S. The molecule has 0 radical (unpaired) electrons. The third-order valence-electron chi connectivity index (χ3n) is 2.73. The second-order valence-corrected chi connectivity index (χ2v) is 5.35. The topological polar surface area (TPSA) is 46.2 Å². The largest absolute Gasteiger partial charge is 0.348 e. The first kappa shape index (κ1) is 13.5. The predicted molar refractivity (Wildman–Crippen MR) is 76.5 cm³/mol. The summed E-state index contributed by atoms with van der Waals surface area (Å²) in [6.07, 6.45) is 0.332. The van der Waals surface area contributed by atoms with E-state index in [1.807, 2.05) is 36.6 Å². The number of thiophene rings is 1. The van der Waals surface area contributed by atoms with Crippen molar-refractivity contribution in [1.82, 2.24) is 5.32 Å². The molecule has 0 bridgehead atoms. The highest BCUT2D eigenvalue weighted by Crippen LogP contribution is 2.09. The molecule has 1 N–H and O–H groups in total. The minimum atomic E-state index is -0.122. The molecule has 2 rings (SSSR count). The Labute approximate surface area is 116 Å². The molecule has 0 unspecified atom stereocenters. The van der Waals surface area contributed by atoms with Crippen LogP contribution < -0.4 is 5.32 Å². The van der Waals surface area contributed by atoms with Gasteiger partial charge < -0.3 is 5.32 Å². The number of benzene rings is 1. The van der Waals surface area contributed by atoms with E-state index in [9.17, 15) is 9.59 Å². The third kappa shape index (κ3) is 4.03. The molecule has 1 heterocycles. The number of carbonyl (C=O) groups is 2. The van der Waals surface area contributed by atoms with Gasteiger partial charge in [0, 0.05) is 10.4 Å².